The molecule has 1 unspecified atom stereocenters. The molecule has 0 aliphatic heterocycles. The van der Waals surface area contributed by atoms with Gasteiger partial charge in [-0.15, -0.1) is 0 Å². The quantitative estimate of drug-likeness (QED) is 0.607. The highest BCUT2D eigenvalue weighted by molar-refractivity contribution is 6.17. The van der Waals surface area contributed by atoms with Gasteiger partial charge in [-0.3, -0.25) is 9.59 Å². The van der Waals surface area contributed by atoms with Crippen LogP contribution in [0.2, 0.25) is 0 Å². The topological polar surface area (TPSA) is 59.9 Å². The number of ketones is 2. The second-order valence-corrected chi connectivity index (χ2v) is 4.32. The van der Waals surface area contributed by atoms with Crippen molar-refractivity contribution in [2.75, 3.05) is 0 Å². The van der Waals surface area contributed by atoms with Gasteiger partial charge < -0.3 is 0 Å². The van der Waals surface area contributed by atoms with E-state index in [2.05, 4.69) is 9.97 Å². The predicted octanol–water partition coefficient (Wildman–Crippen LogP) is 1.85. The van der Waals surface area contributed by atoms with Crippen LogP contribution in [-0.4, -0.2) is 21.5 Å². The second kappa shape index (κ2) is 4.35. The summed E-state index contributed by atoms with van der Waals surface area (Å²) in [5.41, 5.74) is 0.594. The number of benzene rings is 1. The first-order chi connectivity index (χ1) is 9.18. The van der Waals surface area contributed by atoms with E-state index in [0.29, 0.717) is 5.56 Å². The van der Waals surface area contributed by atoms with Crippen molar-refractivity contribution >= 4 is 11.6 Å². The van der Waals surface area contributed by atoms with Crippen molar-refractivity contribution < 1.29 is 14.0 Å². The number of nitrogens with zero attached hydrogens (tertiary/aromatic N) is 2. The van der Waals surface area contributed by atoms with Gasteiger partial charge in [-0.2, -0.15) is 0 Å². The van der Waals surface area contributed by atoms with E-state index in [0.717, 1.165) is 0 Å². The zero-order chi connectivity index (χ0) is 13.4. The summed E-state index contributed by atoms with van der Waals surface area (Å²) in [5.74, 6) is -2.17. The monoisotopic (exact) mass is 256 g/mol. The van der Waals surface area contributed by atoms with Crippen molar-refractivity contribution in [2.24, 2.45) is 5.92 Å². The van der Waals surface area contributed by atoms with Crippen LogP contribution in [0.5, 0.6) is 0 Å². The maximum Gasteiger partial charge on any atom is 0.211 e. The van der Waals surface area contributed by atoms with Crippen LogP contribution in [0, 0.1) is 11.7 Å². The lowest BCUT2D eigenvalue weighted by atomic mass is 9.99. The number of rotatable bonds is 2. The Balaban J connectivity index is 1.97. The molecule has 0 saturated carbocycles. The molecule has 1 aliphatic rings. The summed E-state index contributed by atoms with van der Waals surface area (Å²) < 4.78 is 13.6. The molecule has 1 aliphatic carbocycles. The lowest BCUT2D eigenvalue weighted by Crippen LogP contribution is -2.22. The van der Waals surface area contributed by atoms with Gasteiger partial charge in [0.15, 0.2) is 11.6 Å². The fraction of sp³-hybridized carbons (Fsp3) is 0.143. The first-order valence-electron chi connectivity index (χ1n) is 5.81. The van der Waals surface area contributed by atoms with E-state index < -0.39 is 17.5 Å². The van der Waals surface area contributed by atoms with Crippen LogP contribution in [0.1, 0.15) is 26.5 Å². The van der Waals surface area contributed by atoms with Crippen molar-refractivity contribution in [3.63, 3.8) is 0 Å². The molecule has 4 nitrogen and oxygen atoms in total. The molecule has 0 saturated heterocycles. The third-order valence-corrected chi connectivity index (χ3v) is 3.21. The minimum absolute atomic E-state index is 0.00550. The van der Waals surface area contributed by atoms with Gasteiger partial charge in [0.25, 0.3) is 0 Å². The zero-order valence-corrected chi connectivity index (χ0v) is 9.84. The standard InChI is InChI=1S/C14H9FN2O2/c15-11-4-1-3-8-9(11)7-10(12(8)18)13(19)14-16-5-2-6-17-14/h1-6,10H,7H2. The van der Waals surface area contributed by atoms with Crippen molar-refractivity contribution in [2.45, 2.75) is 6.42 Å². The largest absolute Gasteiger partial charge is 0.293 e. The first-order valence-corrected chi connectivity index (χ1v) is 5.81. The molecule has 0 spiro atoms. The minimum atomic E-state index is -0.908. The molecule has 0 bridgehead atoms. The van der Waals surface area contributed by atoms with E-state index in [1.165, 1.54) is 24.5 Å². The molecule has 0 fully saturated rings. The van der Waals surface area contributed by atoms with Crippen LogP contribution in [0.4, 0.5) is 4.39 Å². The molecule has 1 heterocycles. The van der Waals surface area contributed by atoms with Gasteiger partial charge in [-0.1, -0.05) is 12.1 Å². The summed E-state index contributed by atoms with van der Waals surface area (Å²) in [7, 11) is 0. The van der Waals surface area contributed by atoms with Crippen molar-refractivity contribution in [1.82, 2.24) is 9.97 Å². The van der Waals surface area contributed by atoms with Crippen LogP contribution in [0.15, 0.2) is 36.7 Å². The molecule has 2 aromatic rings. The van der Waals surface area contributed by atoms with Crippen LogP contribution in [0.3, 0.4) is 0 Å². The number of halogens is 1. The van der Waals surface area contributed by atoms with Gasteiger partial charge in [0, 0.05) is 18.0 Å². The Morgan fingerprint density at radius 3 is 2.63 bits per heavy atom. The van der Waals surface area contributed by atoms with Crippen molar-refractivity contribution in [3.05, 3.63) is 59.4 Å². The van der Waals surface area contributed by atoms with Gasteiger partial charge in [-0.25, -0.2) is 14.4 Å². The Labute approximate surface area is 108 Å². The Morgan fingerprint density at radius 2 is 1.95 bits per heavy atom. The summed E-state index contributed by atoms with van der Waals surface area (Å²) in [6, 6.07) is 5.89. The van der Waals surface area contributed by atoms with Crippen LogP contribution in [-0.2, 0) is 6.42 Å². The van der Waals surface area contributed by atoms with Gasteiger partial charge in [0.05, 0.1) is 5.92 Å². The SMILES string of the molecule is O=C(c1ncccn1)C1Cc2c(F)cccc2C1=O. The van der Waals surface area contributed by atoms with E-state index in [-0.39, 0.29) is 23.6 Å². The number of Topliss-reactive ketones (excluding diaryl/α,β-unsaturated/α-hetero) is 2. The summed E-state index contributed by atoms with van der Waals surface area (Å²) in [5, 5.41) is 0. The van der Waals surface area contributed by atoms with E-state index >= 15 is 0 Å². The molecule has 5 heteroatoms. The highest BCUT2D eigenvalue weighted by atomic mass is 19.1. The normalized spacial score (nSPS) is 17.3. The molecule has 0 N–H and O–H groups in total. The molecule has 1 aromatic heterocycles. The van der Waals surface area contributed by atoms with Gasteiger partial charge in [-0.05, 0) is 24.1 Å². The number of hydrogen-bond acceptors (Lipinski definition) is 4. The predicted molar refractivity (Wildman–Crippen MR) is 64.3 cm³/mol. The lowest BCUT2D eigenvalue weighted by Gasteiger charge is -2.04. The van der Waals surface area contributed by atoms with Crippen molar-refractivity contribution in [3.8, 4) is 0 Å². The molecule has 0 amide bonds. The number of carbonyl (C=O) groups excluding carboxylic acids is 2. The Morgan fingerprint density at radius 1 is 1.21 bits per heavy atom. The Kier molecular flexibility index (Phi) is 2.67. The van der Waals surface area contributed by atoms with Gasteiger partial charge in [0.1, 0.15) is 5.82 Å². The maximum absolute atomic E-state index is 13.6. The highest BCUT2D eigenvalue weighted by Gasteiger charge is 2.38. The number of fused-ring (bicyclic) bond motifs is 1. The third kappa shape index (κ3) is 1.83. The minimum Gasteiger partial charge on any atom is -0.293 e. The zero-order valence-electron chi connectivity index (χ0n) is 9.84. The van der Waals surface area contributed by atoms with Crippen molar-refractivity contribution in [1.29, 1.82) is 0 Å². The van der Waals surface area contributed by atoms with E-state index in [4.69, 9.17) is 0 Å². The Hall–Kier alpha value is -2.43. The van der Waals surface area contributed by atoms with E-state index in [1.54, 1.807) is 12.1 Å². The fourth-order valence-electron chi connectivity index (χ4n) is 2.28. The molecular weight excluding hydrogens is 247 g/mol. The fourth-order valence-corrected chi connectivity index (χ4v) is 2.28. The van der Waals surface area contributed by atoms with E-state index in [9.17, 15) is 14.0 Å². The first kappa shape index (κ1) is 11.6. The average molecular weight is 256 g/mol. The average Bonchev–Trinajstić information content (AvgIpc) is 2.78. The number of hydrogen-bond donors (Lipinski definition) is 0. The molecule has 0 radical (unpaired) electrons. The van der Waals surface area contributed by atoms with Crippen LogP contribution >= 0.6 is 0 Å². The number of aromatic nitrogens is 2. The van der Waals surface area contributed by atoms with Crippen LogP contribution < -0.4 is 0 Å². The highest BCUT2D eigenvalue weighted by Crippen LogP contribution is 2.30. The Bertz CT molecular complexity index is 670. The summed E-state index contributed by atoms with van der Waals surface area (Å²) in [4.78, 5) is 32.0. The molecule has 94 valence electrons. The maximum atomic E-state index is 13.6. The number of carbonyl (C=O) groups is 2. The molecular formula is C14H9FN2O2. The van der Waals surface area contributed by atoms with Gasteiger partial charge in [0.2, 0.25) is 5.78 Å². The lowest BCUT2D eigenvalue weighted by molar-refractivity contribution is 0.0815. The molecule has 19 heavy (non-hydrogen) atoms. The van der Waals surface area contributed by atoms with Crippen LogP contribution in [0.25, 0.3) is 0 Å². The molecule has 3 rings (SSSR count). The summed E-state index contributed by atoms with van der Waals surface area (Å²) in [6.07, 6.45) is 2.96. The molecule has 1 atom stereocenters. The molecule has 1 aromatic carbocycles. The smallest absolute Gasteiger partial charge is 0.211 e. The van der Waals surface area contributed by atoms with E-state index in [1.807, 2.05) is 0 Å². The third-order valence-electron chi connectivity index (χ3n) is 3.21. The summed E-state index contributed by atoms with van der Waals surface area (Å²) in [6.45, 7) is 0. The van der Waals surface area contributed by atoms with Gasteiger partial charge >= 0.3 is 0 Å². The second-order valence-electron chi connectivity index (χ2n) is 4.32. The summed E-state index contributed by atoms with van der Waals surface area (Å²) >= 11 is 0.